The highest BCUT2D eigenvalue weighted by Gasteiger charge is 2.35. The van der Waals surface area contributed by atoms with Gasteiger partial charge in [-0.05, 0) is 71.4 Å². The quantitative estimate of drug-likeness (QED) is 0.327. The first kappa shape index (κ1) is 22.7. The van der Waals surface area contributed by atoms with Crippen LogP contribution in [0.1, 0.15) is 16.7 Å². The van der Waals surface area contributed by atoms with Crippen molar-refractivity contribution < 1.29 is 14.3 Å². The van der Waals surface area contributed by atoms with Crippen molar-refractivity contribution >= 4 is 63.8 Å². The van der Waals surface area contributed by atoms with E-state index >= 15 is 0 Å². The van der Waals surface area contributed by atoms with Gasteiger partial charge in [0.25, 0.3) is 11.1 Å². The molecule has 1 aliphatic heterocycles. The lowest BCUT2D eigenvalue weighted by atomic mass is 10.1. The van der Waals surface area contributed by atoms with Gasteiger partial charge in [0.2, 0.25) is 0 Å². The summed E-state index contributed by atoms with van der Waals surface area (Å²) in [6.45, 7) is 0.466. The molecule has 0 aromatic heterocycles. The van der Waals surface area contributed by atoms with Crippen LogP contribution in [0.4, 0.5) is 4.79 Å². The molecule has 1 fully saturated rings. The van der Waals surface area contributed by atoms with Crippen LogP contribution in [0.2, 0.25) is 15.1 Å². The molecule has 0 N–H and O–H groups in total. The average Bonchev–Trinajstić information content (AvgIpc) is 3.02. The van der Waals surface area contributed by atoms with Gasteiger partial charge >= 0.3 is 0 Å². The molecular formula is C24H16Cl3NO3S. The fraction of sp³-hybridized carbons (Fsp3) is 0.0833. The smallest absolute Gasteiger partial charge is 0.293 e. The van der Waals surface area contributed by atoms with E-state index in [0.29, 0.717) is 37.9 Å². The summed E-state index contributed by atoms with van der Waals surface area (Å²) < 4.78 is 5.95. The second-order valence-corrected chi connectivity index (χ2v) is 9.30. The summed E-state index contributed by atoms with van der Waals surface area (Å²) in [5.74, 6) is 0.176. The molecule has 1 aliphatic rings. The van der Waals surface area contributed by atoms with Gasteiger partial charge in [0.1, 0.15) is 12.4 Å². The molecule has 0 bridgehead atoms. The largest absolute Gasteiger partial charge is 0.488 e. The SMILES string of the molecule is O=C1S/C(=C/c2cc(Cl)ccc2OCc2cccc(Cl)c2)C(=O)N1Cc1ccc(Cl)cc1. The van der Waals surface area contributed by atoms with Gasteiger partial charge in [0, 0.05) is 20.6 Å². The van der Waals surface area contributed by atoms with Gasteiger partial charge in [-0.25, -0.2) is 0 Å². The van der Waals surface area contributed by atoms with Crippen molar-refractivity contribution in [1.29, 1.82) is 0 Å². The first-order chi connectivity index (χ1) is 15.4. The maximum absolute atomic E-state index is 12.9. The molecule has 0 aliphatic carbocycles. The van der Waals surface area contributed by atoms with Gasteiger partial charge < -0.3 is 4.74 Å². The topological polar surface area (TPSA) is 46.6 Å². The fourth-order valence-electron chi connectivity index (χ4n) is 3.10. The van der Waals surface area contributed by atoms with Crippen molar-refractivity contribution in [2.75, 3.05) is 0 Å². The van der Waals surface area contributed by atoms with E-state index in [1.54, 1.807) is 54.6 Å². The van der Waals surface area contributed by atoms with Crippen molar-refractivity contribution in [3.05, 3.63) is 103 Å². The molecule has 162 valence electrons. The number of rotatable bonds is 6. The van der Waals surface area contributed by atoms with Crippen molar-refractivity contribution in [2.24, 2.45) is 0 Å². The van der Waals surface area contributed by atoms with E-state index in [9.17, 15) is 9.59 Å². The molecule has 0 atom stereocenters. The van der Waals surface area contributed by atoms with Crippen LogP contribution < -0.4 is 4.74 Å². The van der Waals surface area contributed by atoms with Crippen LogP contribution in [0.25, 0.3) is 6.08 Å². The summed E-state index contributed by atoms with van der Waals surface area (Å²) in [6, 6.07) is 19.5. The third-order valence-electron chi connectivity index (χ3n) is 4.67. The lowest BCUT2D eigenvalue weighted by molar-refractivity contribution is -0.123. The number of thioether (sulfide) groups is 1. The van der Waals surface area contributed by atoms with Crippen molar-refractivity contribution in [3.63, 3.8) is 0 Å². The summed E-state index contributed by atoms with van der Waals surface area (Å²) in [5.41, 5.74) is 2.32. The molecule has 0 radical (unpaired) electrons. The van der Waals surface area contributed by atoms with Crippen molar-refractivity contribution in [1.82, 2.24) is 4.90 Å². The van der Waals surface area contributed by atoms with Crippen LogP contribution in [0, 0.1) is 0 Å². The molecule has 2 amide bonds. The standard InChI is InChI=1S/C24H16Cl3NO3S/c25-18-6-4-15(5-7-18)13-28-23(29)22(32-24(28)30)12-17-11-20(27)8-9-21(17)31-14-16-2-1-3-19(26)10-16/h1-12H,13-14H2/b22-12+. The van der Waals surface area contributed by atoms with Gasteiger partial charge in [-0.1, -0.05) is 59.1 Å². The number of ether oxygens (including phenoxy) is 1. The summed E-state index contributed by atoms with van der Waals surface area (Å²) in [6.07, 6.45) is 1.63. The zero-order valence-corrected chi connectivity index (χ0v) is 19.6. The minimum atomic E-state index is -0.365. The monoisotopic (exact) mass is 503 g/mol. The van der Waals surface area contributed by atoms with Gasteiger partial charge in [-0.3, -0.25) is 14.5 Å². The predicted octanol–water partition coefficient (Wildman–Crippen LogP) is 7.46. The molecule has 32 heavy (non-hydrogen) atoms. The van der Waals surface area contributed by atoms with Crippen LogP contribution in [0.3, 0.4) is 0 Å². The molecule has 0 saturated carbocycles. The van der Waals surface area contributed by atoms with E-state index in [4.69, 9.17) is 39.5 Å². The summed E-state index contributed by atoms with van der Waals surface area (Å²) in [5, 5.41) is 1.37. The first-order valence-corrected chi connectivity index (χ1v) is 11.5. The van der Waals surface area contributed by atoms with E-state index in [-0.39, 0.29) is 17.7 Å². The number of imide groups is 1. The summed E-state index contributed by atoms with van der Waals surface area (Å²) in [4.78, 5) is 26.9. The second-order valence-electron chi connectivity index (χ2n) is 7.00. The maximum Gasteiger partial charge on any atom is 0.293 e. The highest BCUT2D eigenvalue weighted by molar-refractivity contribution is 8.18. The molecule has 4 rings (SSSR count). The van der Waals surface area contributed by atoms with Gasteiger partial charge in [0.15, 0.2) is 0 Å². The van der Waals surface area contributed by atoms with Crippen LogP contribution in [0.5, 0.6) is 5.75 Å². The Kier molecular flexibility index (Phi) is 7.11. The number of nitrogens with zero attached hydrogens (tertiary/aromatic N) is 1. The van der Waals surface area contributed by atoms with E-state index < -0.39 is 0 Å². The third kappa shape index (κ3) is 5.48. The van der Waals surface area contributed by atoms with Gasteiger partial charge in [0.05, 0.1) is 11.4 Å². The highest BCUT2D eigenvalue weighted by atomic mass is 35.5. The number of carbonyl (C=O) groups excluding carboxylic acids is 2. The lowest BCUT2D eigenvalue weighted by Crippen LogP contribution is -2.27. The zero-order chi connectivity index (χ0) is 22.7. The number of benzene rings is 3. The fourth-order valence-corrected chi connectivity index (χ4v) is 4.45. The molecule has 1 saturated heterocycles. The molecule has 0 spiro atoms. The van der Waals surface area contributed by atoms with Gasteiger partial charge in [-0.2, -0.15) is 0 Å². The Morgan fingerprint density at radius 3 is 2.31 bits per heavy atom. The molecule has 3 aromatic carbocycles. The van der Waals surface area contributed by atoms with Crippen LogP contribution in [-0.2, 0) is 17.9 Å². The number of amides is 2. The molecule has 4 nitrogen and oxygen atoms in total. The number of hydrogen-bond acceptors (Lipinski definition) is 4. The molecule has 1 heterocycles. The van der Waals surface area contributed by atoms with Crippen LogP contribution >= 0.6 is 46.6 Å². The number of halogens is 3. The van der Waals surface area contributed by atoms with Crippen molar-refractivity contribution in [3.8, 4) is 5.75 Å². The Morgan fingerprint density at radius 2 is 1.56 bits per heavy atom. The first-order valence-electron chi connectivity index (χ1n) is 9.55. The van der Waals surface area contributed by atoms with Crippen LogP contribution in [-0.4, -0.2) is 16.0 Å². The van der Waals surface area contributed by atoms with E-state index in [0.717, 1.165) is 22.9 Å². The van der Waals surface area contributed by atoms with Crippen LogP contribution in [0.15, 0.2) is 71.6 Å². The maximum atomic E-state index is 12.9. The van der Waals surface area contributed by atoms with E-state index in [1.165, 1.54) is 4.90 Å². The number of hydrogen-bond donors (Lipinski definition) is 0. The Balaban J connectivity index is 1.55. The molecule has 0 unspecified atom stereocenters. The third-order valence-corrected chi connectivity index (χ3v) is 6.30. The molecular weight excluding hydrogens is 489 g/mol. The predicted molar refractivity (Wildman–Crippen MR) is 130 cm³/mol. The minimum Gasteiger partial charge on any atom is -0.488 e. The zero-order valence-electron chi connectivity index (χ0n) is 16.6. The normalized spacial score (nSPS) is 15.0. The Hall–Kier alpha value is -2.44. The van der Waals surface area contributed by atoms with E-state index in [1.807, 2.05) is 18.2 Å². The van der Waals surface area contributed by atoms with E-state index in [2.05, 4.69) is 0 Å². The summed E-state index contributed by atoms with van der Waals surface area (Å²) >= 11 is 19.0. The molecule has 8 heteroatoms. The van der Waals surface area contributed by atoms with Gasteiger partial charge in [-0.15, -0.1) is 0 Å². The number of carbonyl (C=O) groups is 2. The second kappa shape index (κ2) is 10.0. The lowest BCUT2D eigenvalue weighted by Gasteiger charge is -2.12. The molecule has 3 aromatic rings. The Labute approximate surface area is 204 Å². The van der Waals surface area contributed by atoms with Crippen molar-refractivity contribution in [2.45, 2.75) is 13.2 Å². The Morgan fingerprint density at radius 1 is 0.844 bits per heavy atom. The average molecular weight is 505 g/mol. The summed E-state index contributed by atoms with van der Waals surface area (Å²) in [7, 11) is 0. The highest BCUT2D eigenvalue weighted by Crippen LogP contribution is 2.36. The minimum absolute atomic E-state index is 0.173. The Bertz CT molecular complexity index is 1210.